The summed E-state index contributed by atoms with van der Waals surface area (Å²) in [5.74, 6) is 0. The molecule has 0 radical (unpaired) electrons. The zero-order chi connectivity index (χ0) is 90.9. The first-order chi connectivity index (χ1) is 56.4. The first-order valence-corrected chi connectivity index (χ1v) is 56.3. The summed E-state index contributed by atoms with van der Waals surface area (Å²) in [6.45, 7) is 16.2. The summed E-state index contributed by atoms with van der Waals surface area (Å²) in [5.41, 5.74) is 0. The molecule has 0 aliphatic rings. The Bertz CT molecular complexity index is 2370. The molecular weight excluding hydrogens is 2210 g/mol. The van der Waals surface area contributed by atoms with Crippen LogP contribution in [0.2, 0.25) is 0 Å². The smallest absolute Gasteiger partial charge is 0.264 e. The molecule has 0 amide bonds. The van der Waals surface area contributed by atoms with Crippen molar-refractivity contribution in [3.8, 4) is 0 Å². The summed E-state index contributed by atoms with van der Waals surface area (Å²) in [4.78, 5) is 0. The molecule has 0 aromatic heterocycles. The van der Waals surface area contributed by atoms with Gasteiger partial charge in [0.1, 0.15) is 0 Å². The SMILES string of the molecule is CCCCCCCCCCCCOS(=O)(=O)O.CCCCCCCCCCCCOS(=O)(=O)O.CCCCCCCCCCCCOS(=O)(=O)O.CCCCCCCCCCCCOS(=O)(=O)O.CCCCCCCCCCCCOS(=O)(=O)O.CCCCCCCCCCCCOS(=O)(=O)O.CCCCCCCCCCCCOS(=O)(=O)O.[Na+].[Na+].[Na+].[Na+].[Na+].[Na+].[Na+].[Na+].[Na+].[Na+].[Na+].[Na+].[Na+].[Na+].[Na+].[Na+].[Na+].[Na+].[Na+].[Na+].[Na+].[Na+].[Na+]. The maximum absolute atomic E-state index is 10.2. The summed E-state index contributed by atoms with van der Waals surface area (Å²) in [5, 5.41) is 0. The summed E-state index contributed by atoms with van der Waals surface area (Å²) < 4.78 is 231. The van der Waals surface area contributed by atoms with Gasteiger partial charge in [-0.15, -0.1) is 0 Å². The summed E-state index contributed by atoms with van der Waals surface area (Å²) >= 11 is 0. The molecule has 0 atom stereocenters. The second kappa shape index (κ2) is 195. The fourth-order valence-electron chi connectivity index (χ4n) is 12.3. The Morgan fingerprint density at radius 1 is 0.106 bits per heavy atom. The first kappa shape index (κ1) is 243. The van der Waals surface area contributed by atoms with E-state index in [4.69, 9.17) is 31.9 Å². The third kappa shape index (κ3) is 292. The first-order valence-electron chi connectivity index (χ1n) is 46.7. The van der Waals surface area contributed by atoms with Gasteiger partial charge in [-0.2, -0.15) is 58.9 Å². The minimum atomic E-state index is -4.23. The molecule has 0 bridgehead atoms. The van der Waals surface area contributed by atoms with Gasteiger partial charge >= 0.3 is 753 Å². The fraction of sp³-hybridized carbons (Fsp3) is 1.00. The van der Waals surface area contributed by atoms with Crippen LogP contribution >= 0.6 is 0 Å². The number of hydrogen-bond acceptors (Lipinski definition) is 21. The molecule has 28 nitrogen and oxygen atoms in total. The van der Waals surface area contributed by atoms with Crippen LogP contribution in [0, 0.1) is 0 Å². The molecule has 0 aliphatic heterocycles. The fourth-order valence-corrected chi connectivity index (χ4v) is 14.6. The van der Waals surface area contributed by atoms with Gasteiger partial charge in [-0.25, -0.2) is 29.3 Å². The van der Waals surface area contributed by atoms with E-state index in [0.29, 0.717) is 44.9 Å². The zero-order valence-corrected chi connectivity index (χ0v) is 151. The monoisotopic (exact) mass is 2390 g/mol. The van der Waals surface area contributed by atoms with Crippen molar-refractivity contribution in [3.63, 3.8) is 0 Å². The van der Waals surface area contributed by atoms with E-state index in [1.54, 1.807) is 0 Å². The van der Waals surface area contributed by atoms with Crippen molar-refractivity contribution in [1.82, 2.24) is 0 Å². The Kier molecular flexibility index (Phi) is 334. The van der Waals surface area contributed by atoms with Crippen molar-refractivity contribution in [2.75, 3.05) is 46.2 Å². The van der Waals surface area contributed by atoms with Crippen LogP contribution in [0.25, 0.3) is 0 Å². The molecule has 0 aliphatic carbocycles. The van der Waals surface area contributed by atoms with Gasteiger partial charge in [0.25, 0.3) is 0 Å². The van der Waals surface area contributed by atoms with Crippen LogP contribution in [0.5, 0.6) is 0 Å². The molecule has 0 aromatic rings. The number of hydrogen-bond donors (Lipinski definition) is 7. The second-order valence-electron chi connectivity index (χ2n) is 31.0. The van der Waals surface area contributed by atoms with Crippen LogP contribution in [0.15, 0.2) is 0 Å². The number of rotatable bonds is 84. The molecule has 7 N–H and O–H groups in total. The van der Waals surface area contributed by atoms with Crippen molar-refractivity contribution in [2.24, 2.45) is 0 Å². The average molecular weight is 2390 g/mol. The van der Waals surface area contributed by atoms with Gasteiger partial charge in [-0.3, -0.25) is 31.9 Å². The molecule has 0 heterocycles. The minimum absolute atomic E-state index is 0. The van der Waals surface area contributed by atoms with E-state index < -0.39 is 72.8 Å². The Hall–Kier alpha value is 22.1. The van der Waals surface area contributed by atoms with Gasteiger partial charge < -0.3 is 0 Å². The van der Waals surface area contributed by atoms with Crippen molar-refractivity contribution in [3.05, 3.63) is 0 Å². The molecule has 0 saturated carbocycles. The summed E-state index contributed by atoms with van der Waals surface area (Å²) in [6.07, 6.45) is 83.0. The van der Waals surface area contributed by atoms with Gasteiger partial charge in [0, 0.05) is 0 Å². The quantitative estimate of drug-likeness (QED) is 0.0169. The van der Waals surface area contributed by atoms with Crippen LogP contribution in [-0.2, 0) is 102 Å². The largest absolute Gasteiger partial charge is 1.00 e. The maximum Gasteiger partial charge on any atom is 1.00 e. The van der Waals surface area contributed by atoms with Crippen LogP contribution < -0.4 is 680 Å². The third-order valence-electron chi connectivity index (χ3n) is 19.1. The number of unbranched alkanes of at least 4 members (excludes halogenated alkanes) is 63. The molecule has 58 heteroatoms. The van der Waals surface area contributed by atoms with Gasteiger partial charge in [-0.05, 0) is 44.9 Å². The average Bonchev–Trinajstić information content (AvgIpc) is 1.03. The van der Waals surface area contributed by atoms with Crippen molar-refractivity contribution in [2.45, 2.75) is 498 Å². The minimum Gasteiger partial charge on any atom is -0.264 e. The van der Waals surface area contributed by atoms with E-state index in [2.05, 4.69) is 77.7 Å². The summed E-state index contributed by atoms with van der Waals surface area (Å²) in [7, 11) is -29.6. The molecule has 0 fully saturated rings. The van der Waals surface area contributed by atoms with E-state index in [-0.39, 0.29) is 726 Å². The van der Waals surface area contributed by atoms with Gasteiger partial charge in [0.15, 0.2) is 0 Å². The van der Waals surface area contributed by atoms with Crippen LogP contribution in [-0.4, -0.2) is 137 Å². The van der Waals surface area contributed by atoms with Gasteiger partial charge in [0.2, 0.25) is 0 Å². The van der Waals surface area contributed by atoms with E-state index in [0.717, 1.165) is 89.9 Å². The third-order valence-corrected chi connectivity index (χ3v) is 22.4. The van der Waals surface area contributed by atoms with Crippen molar-refractivity contribution in [1.29, 1.82) is 0 Å². The van der Waals surface area contributed by atoms with Crippen molar-refractivity contribution >= 4 is 72.8 Å². The predicted octanol–water partition coefficient (Wildman–Crippen LogP) is -42.8. The molecule has 0 rings (SSSR count). The van der Waals surface area contributed by atoms with Crippen LogP contribution in [0.3, 0.4) is 0 Å². The second-order valence-corrected chi connectivity index (χ2v) is 38.7. The Morgan fingerprint density at radius 2 is 0.155 bits per heavy atom. The molecule has 0 unspecified atom stereocenters. The van der Waals surface area contributed by atoms with Gasteiger partial charge in [0.05, 0.1) is 46.2 Å². The zero-order valence-electron chi connectivity index (χ0n) is 99.0. The molecule has 0 saturated heterocycles. The Morgan fingerprint density at radius 3 is 0.204 bits per heavy atom. The Labute approximate surface area is 1390 Å². The van der Waals surface area contributed by atoms with E-state index in [1.807, 2.05) is 0 Å². The van der Waals surface area contributed by atoms with Gasteiger partial charge in [-0.1, -0.05) is 453 Å². The van der Waals surface area contributed by atoms with Crippen LogP contribution in [0.4, 0.5) is 0 Å². The normalized spacial score (nSPS) is 9.96. The predicted molar refractivity (Wildman–Crippen MR) is 485 cm³/mol. The van der Waals surface area contributed by atoms with Crippen molar-refractivity contribution < 1.29 is 800 Å². The molecule has 0 aromatic carbocycles. The summed E-state index contributed by atoms with van der Waals surface area (Å²) in [6, 6.07) is 0. The molecule has 728 valence electrons. The molecule has 142 heavy (non-hydrogen) atoms. The van der Waals surface area contributed by atoms with E-state index >= 15 is 0 Å². The molecule has 0 spiro atoms. The van der Waals surface area contributed by atoms with Crippen LogP contribution in [0.1, 0.15) is 498 Å². The standard InChI is InChI=1S/7C12H26O4S.23Na/c7*1-2-3-4-5-6-7-8-9-10-11-12-16-17(13,14)15;;;;;;;;;;;;;;;;;;;;;;;/h7*2-12H2,1H3,(H,13,14,15);;;;;;;;;;;;;;;;;;;;;;;/q;;;;;;;23*+1. The van der Waals surface area contributed by atoms with E-state index in [9.17, 15) is 58.9 Å². The van der Waals surface area contributed by atoms with E-state index in [1.165, 1.54) is 315 Å². The topological polar surface area (TPSA) is 445 Å². The maximum atomic E-state index is 10.2. The Balaban J connectivity index is -0.0000000358. The molecular formula is C84H182Na23O28S7+23.